The quantitative estimate of drug-likeness (QED) is 0.569. The molecular formula is C22H25ClN4O3S. The number of aryl methyl sites for hydroxylation is 2. The highest BCUT2D eigenvalue weighted by molar-refractivity contribution is 8.00. The zero-order valence-corrected chi connectivity index (χ0v) is 19.7. The summed E-state index contributed by atoms with van der Waals surface area (Å²) in [6.07, 6.45) is 2.40. The molecule has 31 heavy (non-hydrogen) atoms. The molecule has 0 aliphatic rings. The largest absolute Gasteiger partial charge is 0.332 e. The molecule has 7 nitrogen and oxygen atoms in total. The van der Waals surface area contributed by atoms with Crippen molar-refractivity contribution in [3.63, 3.8) is 0 Å². The van der Waals surface area contributed by atoms with E-state index in [2.05, 4.69) is 24.1 Å². The molecule has 0 bridgehead atoms. The van der Waals surface area contributed by atoms with Gasteiger partial charge in [-0.05, 0) is 42.5 Å². The first-order valence-corrected chi connectivity index (χ1v) is 11.2. The first-order valence-electron chi connectivity index (χ1n) is 9.86. The molecular weight excluding hydrogens is 436 g/mol. The molecule has 0 unspecified atom stereocenters. The lowest BCUT2D eigenvalue weighted by atomic mass is 10.0. The maximum Gasteiger partial charge on any atom is 0.332 e. The Kier molecular flexibility index (Phi) is 6.91. The van der Waals surface area contributed by atoms with E-state index in [1.54, 1.807) is 25.4 Å². The van der Waals surface area contributed by atoms with E-state index in [-0.39, 0.29) is 11.7 Å². The van der Waals surface area contributed by atoms with Gasteiger partial charge in [-0.2, -0.15) is 0 Å². The third-order valence-electron chi connectivity index (χ3n) is 4.93. The molecule has 2 aromatic heterocycles. The fourth-order valence-corrected chi connectivity index (χ4v) is 4.47. The third-order valence-corrected chi connectivity index (χ3v) is 6.50. The number of nitrogens with one attached hydrogen (secondary N) is 1. The van der Waals surface area contributed by atoms with Crippen molar-refractivity contribution in [1.82, 2.24) is 14.1 Å². The highest BCUT2D eigenvalue weighted by Crippen LogP contribution is 2.30. The van der Waals surface area contributed by atoms with Crippen LogP contribution in [0, 0.1) is 12.8 Å². The van der Waals surface area contributed by atoms with E-state index >= 15 is 0 Å². The van der Waals surface area contributed by atoms with Gasteiger partial charge in [0.2, 0.25) is 5.91 Å². The average Bonchev–Trinajstić information content (AvgIpc) is 2.71. The van der Waals surface area contributed by atoms with Gasteiger partial charge in [0.15, 0.2) is 0 Å². The summed E-state index contributed by atoms with van der Waals surface area (Å²) in [5.74, 6) is 0.215. The molecule has 0 aliphatic heterocycles. The maximum atomic E-state index is 12.9. The van der Waals surface area contributed by atoms with Gasteiger partial charge in [-0.15, -0.1) is 11.8 Å². The number of fused-ring (bicyclic) bond motifs is 1. The molecule has 0 spiro atoms. The van der Waals surface area contributed by atoms with E-state index < -0.39 is 11.2 Å². The Labute approximate surface area is 189 Å². The van der Waals surface area contributed by atoms with Crippen LogP contribution in [0.1, 0.15) is 25.0 Å². The lowest BCUT2D eigenvalue weighted by molar-refractivity contribution is -0.113. The highest BCUT2D eigenvalue weighted by atomic mass is 35.5. The normalized spacial score (nSPS) is 11.3. The minimum Gasteiger partial charge on any atom is -0.325 e. The number of anilines is 1. The third kappa shape index (κ3) is 4.85. The zero-order chi connectivity index (χ0) is 22.9. The van der Waals surface area contributed by atoms with Crippen LogP contribution in [0.4, 0.5) is 5.69 Å². The number of aromatic nitrogens is 3. The Morgan fingerprint density at radius 2 is 1.94 bits per heavy atom. The summed E-state index contributed by atoms with van der Waals surface area (Å²) >= 11 is 7.41. The Morgan fingerprint density at radius 1 is 1.23 bits per heavy atom. The van der Waals surface area contributed by atoms with Crippen LogP contribution in [0.15, 0.2) is 38.9 Å². The number of hydrogen-bond donors (Lipinski definition) is 1. The molecule has 0 saturated carbocycles. The number of halogens is 1. The van der Waals surface area contributed by atoms with E-state index in [4.69, 9.17) is 11.6 Å². The molecule has 0 radical (unpaired) electrons. The Balaban J connectivity index is 1.98. The van der Waals surface area contributed by atoms with E-state index in [1.807, 2.05) is 13.0 Å². The molecule has 3 rings (SSSR count). The number of carbonyl (C=O) groups is 1. The van der Waals surface area contributed by atoms with Crippen LogP contribution < -0.4 is 16.6 Å². The molecule has 164 valence electrons. The van der Waals surface area contributed by atoms with Crippen molar-refractivity contribution in [3.8, 4) is 0 Å². The summed E-state index contributed by atoms with van der Waals surface area (Å²) in [4.78, 5) is 42.9. The summed E-state index contributed by atoms with van der Waals surface area (Å²) < 4.78 is 2.43. The maximum absolute atomic E-state index is 12.9. The smallest absolute Gasteiger partial charge is 0.325 e. The highest BCUT2D eigenvalue weighted by Gasteiger charge is 2.19. The summed E-state index contributed by atoms with van der Waals surface area (Å²) in [5, 5.41) is 3.77. The van der Waals surface area contributed by atoms with Gasteiger partial charge in [-0.1, -0.05) is 31.5 Å². The summed E-state index contributed by atoms with van der Waals surface area (Å²) in [6, 6.07) is 5.34. The van der Waals surface area contributed by atoms with E-state index in [1.165, 1.54) is 23.4 Å². The van der Waals surface area contributed by atoms with Gasteiger partial charge in [0, 0.05) is 35.9 Å². The number of benzene rings is 1. The predicted molar refractivity (Wildman–Crippen MR) is 126 cm³/mol. The van der Waals surface area contributed by atoms with Crippen LogP contribution in [0.2, 0.25) is 5.02 Å². The van der Waals surface area contributed by atoms with Gasteiger partial charge in [0.25, 0.3) is 5.56 Å². The molecule has 1 aromatic carbocycles. The van der Waals surface area contributed by atoms with Crippen molar-refractivity contribution >= 4 is 46.0 Å². The number of carbonyl (C=O) groups excluding carboxylic acids is 1. The number of rotatable bonds is 6. The molecule has 0 aliphatic carbocycles. The van der Waals surface area contributed by atoms with Gasteiger partial charge >= 0.3 is 5.69 Å². The van der Waals surface area contributed by atoms with Crippen molar-refractivity contribution in [2.24, 2.45) is 20.0 Å². The second-order valence-electron chi connectivity index (χ2n) is 7.92. The Morgan fingerprint density at radius 3 is 2.58 bits per heavy atom. The van der Waals surface area contributed by atoms with Crippen LogP contribution >= 0.6 is 23.4 Å². The number of amides is 1. The van der Waals surface area contributed by atoms with Gasteiger partial charge < -0.3 is 5.32 Å². The molecule has 2 heterocycles. The average molecular weight is 461 g/mol. The second kappa shape index (κ2) is 9.28. The summed E-state index contributed by atoms with van der Waals surface area (Å²) in [5.41, 5.74) is 1.89. The first-order chi connectivity index (χ1) is 14.6. The second-order valence-corrected chi connectivity index (χ2v) is 9.31. The predicted octanol–water partition coefficient (Wildman–Crippen LogP) is 3.52. The molecule has 0 saturated heterocycles. The van der Waals surface area contributed by atoms with Crippen LogP contribution in [0.3, 0.4) is 0 Å². The Bertz CT molecular complexity index is 1280. The molecule has 0 fully saturated rings. The van der Waals surface area contributed by atoms with Gasteiger partial charge in [-0.25, -0.2) is 9.78 Å². The summed E-state index contributed by atoms with van der Waals surface area (Å²) in [7, 11) is 3.03. The molecule has 1 amide bonds. The molecule has 3 aromatic rings. The topological polar surface area (TPSA) is 86.0 Å². The van der Waals surface area contributed by atoms with Crippen molar-refractivity contribution in [2.45, 2.75) is 32.1 Å². The van der Waals surface area contributed by atoms with E-state index in [0.717, 1.165) is 15.7 Å². The fourth-order valence-electron chi connectivity index (χ4n) is 3.30. The van der Waals surface area contributed by atoms with Gasteiger partial charge in [0.1, 0.15) is 5.65 Å². The standard InChI is InChI=1S/C22H25ClN4O3S/c1-12(2)8-14-10-24-20-18(21(29)27(5)22(30)26(20)4)19(14)31-11-17(28)25-15-7-6-13(3)16(23)9-15/h6-7,9-10,12H,8,11H2,1-5H3,(H,25,28). The first kappa shape index (κ1) is 23.1. The van der Waals surface area contributed by atoms with Crippen molar-refractivity contribution in [3.05, 3.63) is 61.4 Å². The van der Waals surface area contributed by atoms with Crippen LogP contribution in [-0.2, 0) is 25.3 Å². The lowest BCUT2D eigenvalue weighted by Crippen LogP contribution is -2.37. The van der Waals surface area contributed by atoms with E-state index in [0.29, 0.717) is 39.0 Å². The minimum absolute atomic E-state index is 0.0989. The SMILES string of the molecule is Cc1ccc(NC(=O)CSc2c(CC(C)C)cnc3c2c(=O)n(C)c(=O)n3C)cc1Cl. The fraction of sp³-hybridized carbons (Fsp3) is 0.364. The summed E-state index contributed by atoms with van der Waals surface area (Å²) in [6.45, 7) is 6.04. The number of hydrogen-bond acceptors (Lipinski definition) is 5. The van der Waals surface area contributed by atoms with Crippen molar-refractivity contribution in [1.29, 1.82) is 0 Å². The molecule has 1 N–H and O–H groups in total. The van der Waals surface area contributed by atoms with Crippen LogP contribution in [-0.4, -0.2) is 25.8 Å². The van der Waals surface area contributed by atoms with E-state index in [9.17, 15) is 14.4 Å². The number of nitrogens with zero attached hydrogens (tertiary/aromatic N) is 3. The van der Waals surface area contributed by atoms with Crippen LogP contribution in [0.25, 0.3) is 11.0 Å². The van der Waals surface area contributed by atoms with Crippen LogP contribution in [0.5, 0.6) is 0 Å². The monoisotopic (exact) mass is 460 g/mol. The molecule has 9 heteroatoms. The van der Waals surface area contributed by atoms with Crippen molar-refractivity contribution in [2.75, 3.05) is 11.1 Å². The molecule has 0 atom stereocenters. The zero-order valence-electron chi connectivity index (χ0n) is 18.2. The Hall–Kier alpha value is -2.58. The van der Waals surface area contributed by atoms with Gasteiger partial charge in [0.05, 0.1) is 11.1 Å². The minimum atomic E-state index is -0.438. The number of pyridine rings is 1. The number of thioether (sulfide) groups is 1. The lowest BCUT2D eigenvalue weighted by Gasteiger charge is -2.15. The van der Waals surface area contributed by atoms with Crippen molar-refractivity contribution < 1.29 is 4.79 Å². The van der Waals surface area contributed by atoms with Gasteiger partial charge in [-0.3, -0.25) is 18.7 Å².